The van der Waals surface area contributed by atoms with E-state index < -0.39 is 71.5 Å². The first-order valence-electron chi connectivity index (χ1n) is 19.7. The van der Waals surface area contributed by atoms with Crippen LogP contribution >= 0.6 is 0 Å². The number of hydrogen-bond acceptors (Lipinski definition) is 13. The summed E-state index contributed by atoms with van der Waals surface area (Å²) in [5.41, 5.74) is 10.1. The van der Waals surface area contributed by atoms with Crippen LogP contribution in [0, 0.1) is 23.7 Å². The molecule has 14 nitrogen and oxygen atoms in total. The van der Waals surface area contributed by atoms with Crippen molar-refractivity contribution in [1.29, 1.82) is 0 Å². The van der Waals surface area contributed by atoms with Crippen molar-refractivity contribution in [1.82, 2.24) is 20.3 Å². The molecule has 4 heterocycles. The lowest BCUT2D eigenvalue weighted by molar-refractivity contribution is -0.295. The van der Waals surface area contributed by atoms with Crippen molar-refractivity contribution in [2.45, 2.75) is 128 Å². The molecule has 3 saturated heterocycles. The van der Waals surface area contributed by atoms with E-state index in [9.17, 15) is 19.5 Å². The Labute approximate surface area is 325 Å². The third-order valence-electron chi connectivity index (χ3n) is 12.4. The number of pyridine rings is 1. The molecule has 0 spiro atoms. The lowest BCUT2D eigenvalue weighted by Crippen LogP contribution is -2.61. The number of Topliss-reactive ketones (excluding diaryl/α,β-unsaturated/α-hetero) is 1. The maximum absolute atomic E-state index is 14.2. The Morgan fingerprint density at radius 2 is 1.80 bits per heavy atom. The number of benzene rings is 1. The Kier molecular flexibility index (Phi) is 13.6. The molecule has 3 aliphatic heterocycles. The molecule has 1 unspecified atom stereocenters. The number of para-hydroxylation sites is 1. The second-order valence-electron chi connectivity index (χ2n) is 16.8. The number of rotatable bonds is 9. The summed E-state index contributed by atoms with van der Waals surface area (Å²) >= 11 is 0. The average Bonchev–Trinajstić information content (AvgIpc) is 3.41. The number of aliphatic hydroxyl groups is 1. The summed E-state index contributed by atoms with van der Waals surface area (Å²) < 4.78 is 30.8. The number of amides is 1. The minimum absolute atomic E-state index is 0.223. The van der Waals surface area contributed by atoms with Gasteiger partial charge in [-0.3, -0.25) is 14.6 Å². The summed E-state index contributed by atoms with van der Waals surface area (Å²) in [7, 11) is 5.34. The van der Waals surface area contributed by atoms with Gasteiger partial charge in [0.25, 0.3) is 0 Å². The van der Waals surface area contributed by atoms with Crippen LogP contribution in [0.2, 0.25) is 0 Å². The van der Waals surface area contributed by atoms with Crippen LogP contribution < -0.4 is 11.2 Å². The van der Waals surface area contributed by atoms with E-state index in [4.69, 9.17) is 29.4 Å². The Hall–Kier alpha value is -3.24. The second-order valence-corrected chi connectivity index (χ2v) is 16.8. The van der Waals surface area contributed by atoms with Gasteiger partial charge >= 0.3 is 12.1 Å². The number of nitrogens with zero attached hydrogens (tertiary/aromatic N) is 3. The van der Waals surface area contributed by atoms with Crippen molar-refractivity contribution >= 4 is 28.7 Å². The Bertz CT molecular complexity index is 1660. The van der Waals surface area contributed by atoms with E-state index in [1.54, 1.807) is 27.2 Å². The first kappa shape index (κ1) is 42.9. The largest absolute Gasteiger partial charge is 0.461 e. The maximum atomic E-state index is 14.2. The molecule has 0 radical (unpaired) electrons. The van der Waals surface area contributed by atoms with Gasteiger partial charge in [0.1, 0.15) is 18.6 Å². The van der Waals surface area contributed by atoms with Crippen LogP contribution in [0.15, 0.2) is 36.5 Å². The molecule has 13 atom stereocenters. The number of esters is 1. The molecule has 3 aliphatic rings. The van der Waals surface area contributed by atoms with Crippen LogP contribution in [-0.4, -0.2) is 126 Å². The zero-order chi connectivity index (χ0) is 40.4. The Balaban J connectivity index is 1.41. The van der Waals surface area contributed by atoms with E-state index in [0.717, 1.165) is 22.9 Å². The van der Waals surface area contributed by atoms with Crippen molar-refractivity contribution < 1.29 is 43.2 Å². The Morgan fingerprint density at radius 3 is 2.49 bits per heavy atom. The molecule has 2 aromatic rings. The van der Waals surface area contributed by atoms with E-state index in [0.29, 0.717) is 25.8 Å². The van der Waals surface area contributed by atoms with Crippen molar-refractivity contribution in [2.75, 3.05) is 34.4 Å². The minimum atomic E-state index is -1.28. The van der Waals surface area contributed by atoms with E-state index in [2.05, 4.69) is 16.5 Å². The SMILES string of the molecule is CO[C@]1(C)C[C@@H](C)C(N)[C@H](C)[C@H]2N(NCCCc3ccnc4ccccc34)C(=O)O[C@]2(C)COC(=O)[C@H](C)C(=O)[C@H](C)[C@H]1O[C@@H]1O[C@H](C)C[C@H](N(C)C)[C@H]1O. The van der Waals surface area contributed by atoms with E-state index in [1.165, 1.54) is 11.9 Å². The molecule has 306 valence electrons. The molecular formula is C41H63N5O9. The molecule has 55 heavy (non-hydrogen) atoms. The summed E-state index contributed by atoms with van der Waals surface area (Å²) in [5.74, 6) is -3.82. The molecule has 4 N–H and O–H groups in total. The third-order valence-corrected chi connectivity index (χ3v) is 12.4. The fraction of sp³-hybridized carbons (Fsp3) is 0.707. The maximum Gasteiger partial charge on any atom is 0.425 e. The molecule has 5 rings (SSSR count). The normalized spacial score (nSPS) is 38.1. The zero-order valence-corrected chi connectivity index (χ0v) is 34.2. The smallest absolute Gasteiger partial charge is 0.425 e. The van der Waals surface area contributed by atoms with Gasteiger partial charge in [-0.1, -0.05) is 39.0 Å². The monoisotopic (exact) mass is 769 g/mol. The van der Waals surface area contributed by atoms with Crippen molar-refractivity contribution in [3.63, 3.8) is 0 Å². The highest BCUT2D eigenvalue weighted by atomic mass is 16.7. The molecule has 0 aliphatic carbocycles. The highest BCUT2D eigenvalue weighted by Gasteiger charge is 2.57. The number of likely N-dealkylation sites (N-methyl/N-ethyl adjacent to an activating group) is 1. The van der Waals surface area contributed by atoms with Crippen LogP contribution in [-0.2, 0) is 39.7 Å². The van der Waals surface area contributed by atoms with Gasteiger partial charge in [0, 0.05) is 43.2 Å². The van der Waals surface area contributed by atoms with E-state index in [1.807, 2.05) is 71.0 Å². The number of fused-ring (bicyclic) bond motifs is 2. The van der Waals surface area contributed by atoms with Gasteiger partial charge in [0.15, 0.2) is 17.7 Å². The number of hydrogen-bond donors (Lipinski definition) is 3. The number of ketones is 1. The second kappa shape index (κ2) is 17.5. The lowest BCUT2D eigenvalue weighted by atomic mass is 9.73. The number of hydrazine groups is 1. The van der Waals surface area contributed by atoms with Crippen LogP contribution in [0.5, 0.6) is 0 Å². The van der Waals surface area contributed by atoms with Gasteiger partial charge < -0.3 is 39.4 Å². The van der Waals surface area contributed by atoms with Crippen molar-refractivity contribution in [3.8, 4) is 0 Å². The number of aliphatic hydroxyl groups excluding tert-OH is 1. The fourth-order valence-electron chi connectivity index (χ4n) is 9.02. The van der Waals surface area contributed by atoms with E-state index in [-0.39, 0.29) is 30.6 Å². The number of nitrogens with one attached hydrogen (secondary N) is 1. The molecule has 0 saturated carbocycles. The molecule has 1 amide bonds. The lowest BCUT2D eigenvalue weighted by Gasteiger charge is -2.47. The number of aryl methyl sites for hydroxylation is 1. The summed E-state index contributed by atoms with van der Waals surface area (Å²) in [6.07, 6.45) is 0.381. The molecule has 1 aromatic heterocycles. The number of carbonyl (C=O) groups excluding carboxylic acids is 3. The van der Waals surface area contributed by atoms with Crippen LogP contribution in [0.4, 0.5) is 4.79 Å². The molecule has 14 heteroatoms. The summed E-state index contributed by atoms with van der Waals surface area (Å²) in [6, 6.07) is 8.61. The van der Waals surface area contributed by atoms with E-state index >= 15 is 0 Å². The third kappa shape index (κ3) is 9.01. The number of nitrogens with two attached hydrogens (primary N) is 1. The van der Waals surface area contributed by atoms with Gasteiger partial charge in [0.2, 0.25) is 0 Å². The first-order chi connectivity index (χ1) is 25.9. The summed E-state index contributed by atoms with van der Waals surface area (Å²) in [5, 5.41) is 14.0. The predicted molar refractivity (Wildman–Crippen MR) is 207 cm³/mol. The van der Waals surface area contributed by atoms with Gasteiger partial charge in [-0.15, -0.1) is 0 Å². The van der Waals surface area contributed by atoms with Gasteiger partial charge in [-0.25, -0.2) is 15.2 Å². The first-order valence-corrected chi connectivity index (χ1v) is 19.7. The molecule has 1 aromatic carbocycles. The number of ether oxygens (including phenoxy) is 5. The number of methoxy groups -OCH3 is 1. The molecule has 0 bridgehead atoms. The molecule has 3 fully saturated rings. The summed E-state index contributed by atoms with van der Waals surface area (Å²) in [6.45, 7) is 12.9. The van der Waals surface area contributed by atoms with Crippen molar-refractivity contribution in [3.05, 3.63) is 42.1 Å². The minimum Gasteiger partial charge on any atom is -0.461 e. The number of cyclic esters (lactones) is 1. The van der Waals surface area contributed by atoms with Crippen LogP contribution in [0.1, 0.15) is 73.3 Å². The van der Waals surface area contributed by atoms with Crippen LogP contribution in [0.25, 0.3) is 10.9 Å². The number of aromatic nitrogens is 1. The van der Waals surface area contributed by atoms with Crippen molar-refractivity contribution in [2.24, 2.45) is 29.4 Å². The average molecular weight is 770 g/mol. The Morgan fingerprint density at radius 1 is 1.09 bits per heavy atom. The highest BCUT2D eigenvalue weighted by Crippen LogP contribution is 2.41. The number of carbonyl (C=O) groups is 3. The van der Waals surface area contributed by atoms with Gasteiger partial charge in [0.05, 0.1) is 29.4 Å². The highest BCUT2D eigenvalue weighted by molar-refractivity contribution is 6.00. The molecular weight excluding hydrogens is 706 g/mol. The van der Waals surface area contributed by atoms with Gasteiger partial charge in [-0.05, 0) is 97.0 Å². The van der Waals surface area contributed by atoms with Gasteiger partial charge in [-0.2, -0.15) is 0 Å². The summed E-state index contributed by atoms with van der Waals surface area (Å²) in [4.78, 5) is 47.8. The zero-order valence-electron chi connectivity index (χ0n) is 34.2. The predicted octanol–water partition coefficient (Wildman–Crippen LogP) is 3.86. The quantitative estimate of drug-likeness (QED) is 0.191. The topological polar surface area (TPSA) is 175 Å². The van der Waals surface area contributed by atoms with Crippen LogP contribution in [0.3, 0.4) is 0 Å². The standard InChI is InChI=1S/C41H63N5O9/c1-23-21-40(6,51-10)36(54-38-34(48)31(45(8)9)20-24(2)53-38)26(4)33(47)27(5)37(49)52-22-41(7)35(25(3)32(23)42)46(39(50)55-41)44-18-13-14-28-17-19-43-30-16-12-11-15-29(28)30/h11-12,15-17,19,23-27,31-32,34-36,38,44,48H,13-14,18,20-22,42H2,1-10H3/t23-,24-,25+,26+,27-,31+,32?,34-,35-,36-,38+,40-,41-/m1/s1. The fourth-order valence-corrected chi connectivity index (χ4v) is 9.02.